The van der Waals surface area contributed by atoms with Gasteiger partial charge < -0.3 is 40.3 Å². The Morgan fingerprint density at radius 2 is 1.56 bits per heavy atom. The predicted octanol–water partition coefficient (Wildman–Crippen LogP) is 3.56. The second kappa shape index (κ2) is 22.5. The van der Waals surface area contributed by atoms with Crippen LogP contribution in [-0.4, -0.2) is 109 Å². The van der Waals surface area contributed by atoms with E-state index in [0.717, 1.165) is 23.8 Å². The van der Waals surface area contributed by atoms with Crippen LogP contribution in [0.25, 0.3) is 11.1 Å². The van der Waals surface area contributed by atoms with E-state index >= 15 is 4.39 Å². The van der Waals surface area contributed by atoms with E-state index in [1.54, 1.807) is 30.7 Å². The Labute approximate surface area is 370 Å². The average Bonchev–Trinajstić information content (AvgIpc) is 3.78. The highest BCUT2D eigenvalue weighted by molar-refractivity contribution is 6.01. The van der Waals surface area contributed by atoms with Crippen LogP contribution in [0.3, 0.4) is 0 Å². The Hall–Kier alpha value is -6.05. The van der Waals surface area contributed by atoms with Gasteiger partial charge in [-0.2, -0.15) is 0 Å². The third-order valence-electron chi connectivity index (χ3n) is 10.6. The van der Waals surface area contributed by atoms with Crippen LogP contribution in [0.5, 0.6) is 0 Å². The summed E-state index contributed by atoms with van der Waals surface area (Å²) < 4.78 is 31.3. The molecule has 348 valence electrons. The molecule has 1 aliphatic heterocycles. The van der Waals surface area contributed by atoms with E-state index in [1.807, 2.05) is 51.1 Å². The largest absolute Gasteiger partial charge is 0.480 e. The highest BCUT2D eigenvalue weighted by Crippen LogP contribution is 2.41. The molecule has 1 aliphatic rings. The van der Waals surface area contributed by atoms with Gasteiger partial charge in [0.05, 0.1) is 12.1 Å². The monoisotopic (exact) mass is 896 g/mol. The molecule has 1 unspecified atom stereocenters. The number of aliphatic carboxylic acids is 1. The minimum Gasteiger partial charge on any atom is -0.480 e. The van der Waals surface area contributed by atoms with Gasteiger partial charge in [-0.25, -0.2) is 18.4 Å². The zero-order chi connectivity index (χ0) is 47.5. The topological polar surface area (TPSA) is 237 Å². The van der Waals surface area contributed by atoms with Gasteiger partial charge in [-0.1, -0.05) is 65.0 Å². The number of nitrogens with zero attached hydrogens (tertiary/aromatic N) is 3. The first-order valence-corrected chi connectivity index (χ1v) is 21.0. The van der Waals surface area contributed by atoms with Gasteiger partial charge in [-0.05, 0) is 67.3 Å². The molecular formula is C45H58F2N6O11. The minimum absolute atomic E-state index is 0.0184. The number of aliphatic hydroxyl groups is 2. The summed E-state index contributed by atoms with van der Waals surface area (Å²) in [6.07, 6.45) is -0.303. The van der Waals surface area contributed by atoms with Gasteiger partial charge in [-0.3, -0.25) is 29.3 Å². The molecule has 2 heterocycles. The first kappa shape index (κ1) is 50.6. The summed E-state index contributed by atoms with van der Waals surface area (Å²) in [5.74, 6) is -7.63. The zero-order valence-corrected chi connectivity index (χ0v) is 36.8. The summed E-state index contributed by atoms with van der Waals surface area (Å²) in [5.41, 5.74) is 0.840. The number of nitrogens with one attached hydrogen (secondary N) is 3. The Morgan fingerprint density at radius 1 is 0.906 bits per heavy atom. The van der Waals surface area contributed by atoms with E-state index in [2.05, 4.69) is 16.0 Å². The number of hydroxylamine groups is 2. The molecule has 1 fully saturated rings. The lowest BCUT2D eigenvalue weighted by Crippen LogP contribution is -2.57. The van der Waals surface area contributed by atoms with Gasteiger partial charge in [0.15, 0.2) is 0 Å². The molecule has 1 saturated heterocycles. The second-order valence-corrected chi connectivity index (χ2v) is 17.2. The van der Waals surface area contributed by atoms with Crippen LogP contribution in [0.2, 0.25) is 0 Å². The molecule has 64 heavy (non-hydrogen) atoms. The minimum atomic E-state index is -1.58. The molecule has 0 saturated carbocycles. The summed E-state index contributed by atoms with van der Waals surface area (Å²) in [6, 6.07) is 9.20. The quantitative estimate of drug-likeness (QED) is 0.0628. The molecule has 0 spiro atoms. The number of benzene rings is 2. The molecule has 2 aromatic carbocycles. The van der Waals surface area contributed by atoms with E-state index < -0.39 is 101 Å². The number of carboxylic acids is 1. The van der Waals surface area contributed by atoms with Crippen LogP contribution in [0, 0.1) is 23.0 Å². The third kappa shape index (κ3) is 13.7. The number of hydrogen-bond donors (Lipinski definition) is 6. The number of halogens is 2. The number of amides is 5. The molecule has 6 N–H and O–H groups in total. The molecule has 0 bridgehead atoms. The van der Waals surface area contributed by atoms with Crippen molar-refractivity contribution in [1.82, 2.24) is 30.5 Å². The van der Waals surface area contributed by atoms with Gasteiger partial charge >= 0.3 is 11.9 Å². The number of imide groups is 1. The van der Waals surface area contributed by atoms with E-state index in [4.69, 9.17) is 4.84 Å². The maximum Gasteiger partial charge on any atom is 0.333 e. The molecular weight excluding hydrogens is 839 g/mol. The Kier molecular flexibility index (Phi) is 17.8. The maximum absolute atomic E-state index is 15.1. The lowest BCUT2D eigenvalue weighted by Gasteiger charge is -2.41. The number of rotatable bonds is 22. The van der Waals surface area contributed by atoms with Gasteiger partial charge in [0.2, 0.25) is 17.7 Å². The molecule has 0 aliphatic carbocycles. The summed E-state index contributed by atoms with van der Waals surface area (Å²) in [5, 5.41) is 39.2. The van der Waals surface area contributed by atoms with Gasteiger partial charge in [0, 0.05) is 55.4 Å². The van der Waals surface area contributed by atoms with Gasteiger partial charge in [-0.15, -0.1) is 5.06 Å². The number of aromatic nitrogens is 1. The highest BCUT2D eigenvalue weighted by atomic mass is 19.1. The second-order valence-electron chi connectivity index (χ2n) is 17.2. The number of carbonyl (C=O) groups is 7. The Morgan fingerprint density at radius 3 is 2.16 bits per heavy atom. The van der Waals surface area contributed by atoms with Gasteiger partial charge in [0.1, 0.15) is 36.6 Å². The molecule has 3 aromatic rings. The number of hydrogen-bond acceptors (Lipinski definition) is 11. The SMILES string of the molecule is CC(C)[C@H](NC(O)CCCC(=O)ON1C(=O)CCC1=O)C(=O)N[C@@H](C)C(=O)N[C@@H](CCN(C(=O)CO)[C@@H](c1cc(-c2cc(F)ccc2F)cn1Cc1ccccc1)C(C)(C)C)C(=O)O. The lowest BCUT2D eigenvalue weighted by atomic mass is 9.82. The normalized spacial score (nSPS) is 15.3. The molecule has 17 nitrogen and oxygen atoms in total. The van der Waals surface area contributed by atoms with Crippen molar-refractivity contribution >= 4 is 41.5 Å². The molecule has 5 atom stereocenters. The van der Waals surface area contributed by atoms with Crippen molar-refractivity contribution in [3.63, 3.8) is 0 Å². The molecule has 0 radical (unpaired) electrons. The van der Waals surface area contributed by atoms with E-state index in [-0.39, 0.29) is 57.2 Å². The smallest absolute Gasteiger partial charge is 0.333 e. The molecule has 1 aromatic heterocycles. The first-order chi connectivity index (χ1) is 30.1. The van der Waals surface area contributed by atoms with Crippen LogP contribution in [-0.2, 0) is 44.9 Å². The van der Waals surface area contributed by atoms with Gasteiger partial charge in [0.25, 0.3) is 11.8 Å². The average molecular weight is 897 g/mol. The van der Waals surface area contributed by atoms with Crippen LogP contribution in [0.1, 0.15) is 97.4 Å². The number of carbonyl (C=O) groups excluding carboxylic acids is 6. The maximum atomic E-state index is 15.1. The summed E-state index contributed by atoms with van der Waals surface area (Å²) in [4.78, 5) is 94.6. The lowest BCUT2D eigenvalue weighted by molar-refractivity contribution is -0.197. The van der Waals surface area contributed by atoms with Crippen LogP contribution >= 0.6 is 0 Å². The third-order valence-corrected chi connectivity index (χ3v) is 10.6. The summed E-state index contributed by atoms with van der Waals surface area (Å²) in [7, 11) is 0. The van der Waals surface area contributed by atoms with Crippen molar-refractivity contribution in [3.8, 4) is 11.1 Å². The van der Waals surface area contributed by atoms with Crippen molar-refractivity contribution < 1.29 is 62.5 Å². The van der Waals surface area contributed by atoms with E-state index in [0.29, 0.717) is 16.3 Å². The molecule has 19 heteroatoms. The van der Waals surface area contributed by atoms with Crippen LogP contribution in [0.15, 0.2) is 60.8 Å². The van der Waals surface area contributed by atoms with E-state index in [9.17, 15) is 53.3 Å². The number of carboxylic acid groups (broad SMARTS) is 1. The number of aliphatic hydroxyl groups excluding tert-OH is 2. The zero-order valence-electron chi connectivity index (χ0n) is 36.8. The molecule has 4 rings (SSSR count). The van der Waals surface area contributed by atoms with Crippen LogP contribution in [0.4, 0.5) is 8.78 Å². The fraction of sp³-hybridized carbons (Fsp3) is 0.489. The highest BCUT2D eigenvalue weighted by Gasteiger charge is 2.38. The summed E-state index contributed by atoms with van der Waals surface area (Å²) in [6.45, 7) is 9.21. The first-order valence-electron chi connectivity index (χ1n) is 21.0. The van der Waals surface area contributed by atoms with Crippen molar-refractivity contribution in [2.45, 2.75) is 117 Å². The standard InChI is InChI=1S/C45H58F2N6O11/c1-26(2)40(50-35(55)13-10-14-39(59)64-53-36(56)17-18-37(53)57)43(61)48-27(3)42(60)49-33(44(62)63)19-20-52(38(58)25-54)41(45(4,5)6)34-21-29(31-22-30(46)15-16-32(31)47)24-51(34)23-28-11-8-7-9-12-28/h7-9,11-12,15-16,21-22,24,26-27,33,35,40-41,50,54-55H,10,13-14,17-20,23,25H2,1-6H3,(H,48,61)(H,49,60)(H,62,63)/t27-,33-,35?,40-,41-/m0/s1. The summed E-state index contributed by atoms with van der Waals surface area (Å²) >= 11 is 0. The molecule has 5 amide bonds. The van der Waals surface area contributed by atoms with Crippen molar-refractivity contribution in [3.05, 3.63) is 83.7 Å². The Balaban J connectivity index is 1.46. The fourth-order valence-corrected chi connectivity index (χ4v) is 7.40. The predicted molar refractivity (Wildman–Crippen MR) is 227 cm³/mol. The van der Waals surface area contributed by atoms with Crippen LogP contribution < -0.4 is 16.0 Å². The van der Waals surface area contributed by atoms with Crippen molar-refractivity contribution in [2.75, 3.05) is 13.2 Å². The van der Waals surface area contributed by atoms with E-state index in [1.165, 1.54) is 11.8 Å². The Bertz CT molecular complexity index is 2140. The van der Waals surface area contributed by atoms with Crippen molar-refractivity contribution in [1.29, 1.82) is 0 Å². The van der Waals surface area contributed by atoms with Crippen molar-refractivity contribution in [2.24, 2.45) is 11.3 Å². The fourth-order valence-electron chi connectivity index (χ4n) is 7.40.